The van der Waals surface area contributed by atoms with E-state index < -0.39 is 10.0 Å². The van der Waals surface area contributed by atoms with Crippen LogP contribution in [0.25, 0.3) is 0 Å². The number of pyridine rings is 1. The van der Waals surface area contributed by atoms with E-state index in [0.29, 0.717) is 18.9 Å². The Morgan fingerprint density at radius 3 is 2.50 bits per heavy atom. The van der Waals surface area contributed by atoms with Crippen LogP contribution in [0, 0.1) is 0 Å². The van der Waals surface area contributed by atoms with Gasteiger partial charge in [0.05, 0.1) is 0 Å². The Labute approximate surface area is 108 Å². The first-order valence-electron chi connectivity index (χ1n) is 5.93. The van der Waals surface area contributed by atoms with Crippen molar-refractivity contribution in [3.05, 3.63) is 18.3 Å². The number of likely N-dealkylation sites (N-methyl/N-ethyl adjacent to an activating group) is 1. The molecule has 0 radical (unpaired) electrons. The van der Waals surface area contributed by atoms with E-state index in [1.165, 1.54) is 18.3 Å². The number of nitrogens with zero attached hydrogens (tertiary/aromatic N) is 2. The lowest BCUT2D eigenvalue weighted by atomic mass is 10.5. The molecule has 1 heterocycles. The van der Waals surface area contributed by atoms with Gasteiger partial charge in [0, 0.05) is 19.3 Å². The minimum absolute atomic E-state index is 0.135. The van der Waals surface area contributed by atoms with E-state index in [0.717, 1.165) is 13.1 Å². The van der Waals surface area contributed by atoms with Gasteiger partial charge < -0.3 is 10.6 Å². The summed E-state index contributed by atoms with van der Waals surface area (Å²) in [5, 5.41) is 0. The second-order valence-electron chi connectivity index (χ2n) is 3.84. The van der Waals surface area contributed by atoms with Gasteiger partial charge in [0.2, 0.25) is 10.0 Å². The number of sulfonamides is 1. The highest BCUT2D eigenvalue weighted by Crippen LogP contribution is 2.07. The third kappa shape index (κ3) is 4.25. The molecular formula is C11H20N4O2S. The Morgan fingerprint density at radius 2 is 2.00 bits per heavy atom. The standard InChI is InChI=1S/C11H20N4O2S/c1-3-15(4-2)8-7-14-18(16,17)10-5-6-11(12)13-9-10/h5-6,9,14H,3-4,7-8H2,1-2H3,(H2,12,13). The number of aromatic nitrogens is 1. The zero-order valence-corrected chi connectivity index (χ0v) is 11.6. The van der Waals surface area contributed by atoms with Gasteiger partial charge in [-0.1, -0.05) is 13.8 Å². The van der Waals surface area contributed by atoms with Crippen molar-refractivity contribution in [1.82, 2.24) is 14.6 Å². The molecule has 0 unspecified atom stereocenters. The van der Waals surface area contributed by atoms with Crippen LogP contribution in [0.4, 0.5) is 5.82 Å². The average Bonchev–Trinajstić information content (AvgIpc) is 2.35. The minimum atomic E-state index is -3.48. The molecule has 18 heavy (non-hydrogen) atoms. The molecule has 0 amide bonds. The third-order valence-electron chi connectivity index (χ3n) is 2.68. The van der Waals surface area contributed by atoms with E-state index >= 15 is 0 Å². The molecule has 1 aromatic rings. The summed E-state index contributed by atoms with van der Waals surface area (Å²) in [5.74, 6) is 0.303. The molecule has 0 aliphatic heterocycles. The predicted octanol–water partition coefficient (Wildman–Crippen LogP) is 0.284. The van der Waals surface area contributed by atoms with Crippen LogP contribution in [0.1, 0.15) is 13.8 Å². The summed E-state index contributed by atoms with van der Waals surface area (Å²) in [4.78, 5) is 6.05. The average molecular weight is 272 g/mol. The molecule has 0 saturated carbocycles. The summed E-state index contributed by atoms with van der Waals surface area (Å²) in [6, 6.07) is 2.92. The molecular weight excluding hydrogens is 252 g/mol. The van der Waals surface area contributed by atoms with E-state index in [9.17, 15) is 8.42 Å². The van der Waals surface area contributed by atoms with Gasteiger partial charge in [0.15, 0.2) is 0 Å². The normalized spacial score (nSPS) is 11.9. The van der Waals surface area contributed by atoms with Gasteiger partial charge in [-0.05, 0) is 25.2 Å². The van der Waals surface area contributed by atoms with E-state index in [1.54, 1.807) is 0 Å². The summed E-state index contributed by atoms with van der Waals surface area (Å²) >= 11 is 0. The SMILES string of the molecule is CCN(CC)CCNS(=O)(=O)c1ccc(N)nc1. The van der Waals surface area contributed by atoms with Crippen LogP contribution in [-0.2, 0) is 10.0 Å². The zero-order chi connectivity index (χ0) is 13.6. The van der Waals surface area contributed by atoms with Crippen molar-refractivity contribution in [1.29, 1.82) is 0 Å². The maximum Gasteiger partial charge on any atom is 0.242 e. The van der Waals surface area contributed by atoms with E-state index in [4.69, 9.17) is 5.73 Å². The van der Waals surface area contributed by atoms with Crippen molar-refractivity contribution in [2.75, 3.05) is 31.9 Å². The molecule has 102 valence electrons. The molecule has 1 rings (SSSR count). The van der Waals surface area contributed by atoms with E-state index in [-0.39, 0.29) is 4.90 Å². The fraction of sp³-hybridized carbons (Fsp3) is 0.545. The van der Waals surface area contributed by atoms with Gasteiger partial charge >= 0.3 is 0 Å². The second kappa shape index (κ2) is 6.67. The second-order valence-corrected chi connectivity index (χ2v) is 5.61. The van der Waals surface area contributed by atoms with Crippen LogP contribution in [0.5, 0.6) is 0 Å². The molecule has 3 N–H and O–H groups in total. The van der Waals surface area contributed by atoms with Gasteiger partial charge in [-0.2, -0.15) is 0 Å². The molecule has 1 aromatic heterocycles. The first-order valence-corrected chi connectivity index (χ1v) is 7.41. The molecule has 0 bridgehead atoms. The van der Waals surface area contributed by atoms with Crippen molar-refractivity contribution in [3.63, 3.8) is 0 Å². The van der Waals surface area contributed by atoms with E-state index in [2.05, 4.69) is 14.6 Å². The van der Waals surface area contributed by atoms with Crippen LogP contribution < -0.4 is 10.5 Å². The zero-order valence-electron chi connectivity index (χ0n) is 10.8. The number of anilines is 1. The predicted molar refractivity (Wildman–Crippen MR) is 71.6 cm³/mol. The highest BCUT2D eigenvalue weighted by Gasteiger charge is 2.13. The number of hydrogen-bond donors (Lipinski definition) is 2. The summed E-state index contributed by atoms with van der Waals surface area (Å²) in [6.07, 6.45) is 1.26. The number of rotatable bonds is 7. The first-order chi connectivity index (χ1) is 8.49. The summed E-state index contributed by atoms with van der Waals surface area (Å²) in [7, 11) is -3.48. The highest BCUT2D eigenvalue weighted by molar-refractivity contribution is 7.89. The molecule has 0 atom stereocenters. The Morgan fingerprint density at radius 1 is 1.33 bits per heavy atom. The molecule has 0 saturated heterocycles. The summed E-state index contributed by atoms with van der Waals surface area (Å²) in [5.41, 5.74) is 5.41. The van der Waals surface area contributed by atoms with Crippen LogP contribution >= 0.6 is 0 Å². The van der Waals surface area contributed by atoms with Gasteiger partial charge in [0.1, 0.15) is 10.7 Å². The summed E-state index contributed by atoms with van der Waals surface area (Å²) in [6.45, 7) is 6.97. The van der Waals surface area contributed by atoms with Crippen molar-refractivity contribution in [2.24, 2.45) is 0 Å². The number of nitrogens with two attached hydrogens (primary N) is 1. The Bertz CT molecular complexity index is 454. The lowest BCUT2D eigenvalue weighted by Crippen LogP contribution is -2.34. The maximum absolute atomic E-state index is 11.9. The van der Waals surface area contributed by atoms with Gasteiger partial charge in [-0.15, -0.1) is 0 Å². The lowest BCUT2D eigenvalue weighted by molar-refractivity contribution is 0.309. The first kappa shape index (κ1) is 14.9. The minimum Gasteiger partial charge on any atom is -0.384 e. The van der Waals surface area contributed by atoms with Gasteiger partial charge in [0.25, 0.3) is 0 Å². The Balaban J connectivity index is 2.57. The largest absolute Gasteiger partial charge is 0.384 e. The molecule has 7 heteroatoms. The molecule has 0 fully saturated rings. The van der Waals surface area contributed by atoms with Crippen molar-refractivity contribution in [2.45, 2.75) is 18.7 Å². The fourth-order valence-corrected chi connectivity index (χ4v) is 2.48. The number of hydrogen-bond acceptors (Lipinski definition) is 5. The van der Waals surface area contributed by atoms with Crippen LogP contribution in [-0.4, -0.2) is 44.5 Å². The van der Waals surface area contributed by atoms with Gasteiger partial charge in [-0.25, -0.2) is 18.1 Å². The fourth-order valence-electron chi connectivity index (χ4n) is 1.51. The van der Waals surface area contributed by atoms with Crippen molar-refractivity contribution < 1.29 is 8.42 Å². The maximum atomic E-state index is 11.9. The molecule has 0 aliphatic carbocycles. The quantitative estimate of drug-likeness (QED) is 0.744. The number of nitrogen functional groups attached to an aromatic ring is 1. The van der Waals surface area contributed by atoms with Gasteiger partial charge in [-0.3, -0.25) is 0 Å². The lowest BCUT2D eigenvalue weighted by Gasteiger charge is -2.17. The van der Waals surface area contributed by atoms with E-state index in [1.807, 2.05) is 13.8 Å². The van der Waals surface area contributed by atoms with Crippen LogP contribution in [0.15, 0.2) is 23.2 Å². The third-order valence-corrected chi connectivity index (χ3v) is 4.13. The molecule has 6 nitrogen and oxygen atoms in total. The smallest absolute Gasteiger partial charge is 0.242 e. The summed E-state index contributed by atoms with van der Waals surface area (Å²) < 4.78 is 26.3. The van der Waals surface area contributed by atoms with Crippen LogP contribution in [0.2, 0.25) is 0 Å². The van der Waals surface area contributed by atoms with Crippen molar-refractivity contribution >= 4 is 15.8 Å². The topological polar surface area (TPSA) is 88.3 Å². The molecule has 0 aromatic carbocycles. The number of nitrogens with one attached hydrogen (secondary N) is 1. The highest BCUT2D eigenvalue weighted by atomic mass is 32.2. The molecule has 0 spiro atoms. The van der Waals surface area contributed by atoms with Crippen molar-refractivity contribution in [3.8, 4) is 0 Å². The molecule has 0 aliphatic rings. The monoisotopic (exact) mass is 272 g/mol. The Hall–Kier alpha value is -1.18. The Kier molecular flexibility index (Phi) is 5.52. The van der Waals surface area contributed by atoms with Crippen LogP contribution in [0.3, 0.4) is 0 Å².